The summed E-state index contributed by atoms with van der Waals surface area (Å²) in [5, 5.41) is 13.8. The molecule has 5 rings (SSSR count). The van der Waals surface area contributed by atoms with Crippen LogP contribution < -0.4 is 0 Å². The Labute approximate surface area is 194 Å². The van der Waals surface area contributed by atoms with E-state index in [1.54, 1.807) is 29.9 Å². The predicted octanol–water partition coefficient (Wildman–Crippen LogP) is 4.14. The van der Waals surface area contributed by atoms with E-state index in [0.717, 1.165) is 20.1 Å². The lowest BCUT2D eigenvalue weighted by molar-refractivity contribution is 0.0690. The van der Waals surface area contributed by atoms with Crippen LogP contribution in [0.15, 0.2) is 77.3 Å². The van der Waals surface area contributed by atoms with Crippen LogP contribution in [0.5, 0.6) is 0 Å². The maximum atomic E-state index is 13.6. The lowest BCUT2D eigenvalue weighted by Crippen LogP contribution is -2.32. The molecule has 33 heavy (non-hydrogen) atoms. The Morgan fingerprint density at radius 3 is 2.48 bits per heavy atom. The number of fused-ring (bicyclic) bond motifs is 1. The van der Waals surface area contributed by atoms with Crippen molar-refractivity contribution in [3.05, 3.63) is 105 Å². The number of rotatable bonds is 5. The maximum absolute atomic E-state index is 13.6. The predicted molar refractivity (Wildman–Crippen MR) is 125 cm³/mol. The summed E-state index contributed by atoms with van der Waals surface area (Å²) < 4.78 is 28.0. The second-order valence-corrected chi connectivity index (χ2v) is 10.5. The summed E-state index contributed by atoms with van der Waals surface area (Å²) in [6.45, 7) is 1.86. The fraction of sp³-hybridized carbons (Fsp3) is 0.125. The molecule has 0 bridgehead atoms. The van der Waals surface area contributed by atoms with E-state index in [4.69, 9.17) is 0 Å². The number of aromatic nitrogens is 3. The third-order valence-corrected chi connectivity index (χ3v) is 8.45. The molecule has 0 saturated carbocycles. The molecule has 2 aromatic heterocycles. The standard InChI is InChI=1S/C24H19N3O4S2/c1-16-7-9-18(10-8-16)33(30,31)27-20-13-24(21-14-25-15-32-21,17-5-3-2-4-6-17)12-11-19(20)22(26-27)23(28)29/h2-12,14-15H,13H2,1H3,(H,28,29). The maximum Gasteiger partial charge on any atom is 0.357 e. The number of benzene rings is 2. The number of hydrogen-bond acceptors (Lipinski definition) is 6. The number of thiazole rings is 1. The molecule has 1 N–H and O–H groups in total. The number of carbonyl (C=O) groups is 1. The first kappa shape index (κ1) is 21.3. The highest BCUT2D eigenvalue weighted by molar-refractivity contribution is 7.89. The van der Waals surface area contributed by atoms with E-state index in [2.05, 4.69) is 10.1 Å². The van der Waals surface area contributed by atoms with Crippen molar-refractivity contribution < 1.29 is 18.3 Å². The van der Waals surface area contributed by atoms with E-state index in [-0.39, 0.29) is 17.0 Å². The summed E-state index contributed by atoms with van der Waals surface area (Å²) in [6.07, 6.45) is 5.58. The SMILES string of the molecule is Cc1ccc(S(=O)(=O)n2nc(C(=O)O)c3c2CC(c2ccccc2)(c2cncs2)C=C3)cc1. The van der Waals surface area contributed by atoms with Gasteiger partial charge in [0.1, 0.15) is 0 Å². The largest absolute Gasteiger partial charge is 0.476 e. The van der Waals surface area contributed by atoms with Gasteiger partial charge >= 0.3 is 5.97 Å². The molecular weight excluding hydrogens is 458 g/mol. The molecule has 4 aromatic rings. The molecule has 1 unspecified atom stereocenters. The molecule has 0 amide bonds. The Bertz CT molecular complexity index is 1470. The Balaban J connectivity index is 1.75. The van der Waals surface area contributed by atoms with Gasteiger partial charge in [0.15, 0.2) is 5.69 Å². The first-order valence-electron chi connectivity index (χ1n) is 10.1. The van der Waals surface area contributed by atoms with Crippen LogP contribution in [-0.4, -0.2) is 33.7 Å². The van der Waals surface area contributed by atoms with Crippen molar-refractivity contribution in [2.75, 3.05) is 0 Å². The summed E-state index contributed by atoms with van der Waals surface area (Å²) in [4.78, 5) is 17.1. The number of carboxylic acids is 1. The molecule has 0 spiro atoms. The highest BCUT2D eigenvalue weighted by atomic mass is 32.2. The molecule has 0 saturated heterocycles. The summed E-state index contributed by atoms with van der Waals surface area (Å²) in [5.74, 6) is -1.28. The highest BCUT2D eigenvalue weighted by Crippen LogP contribution is 2.44. The van der Waals surface area contributed by atoms with Crippen molar-refractivity contribution in [3.8, 4) is 0 Å². The quantitative estimate of drug-likeness (QED) is 0.464. The van der Waals surface area contributed by atoms with Crippen LogP contribution in [0.4, 0.5) is 0 Å². The average Bonchev–Trinajstić information content (AvgIpc) is 3.48. The second-order valence-electron chi connectivity index (χ2n) is 7.89. The zero-order valence-corrected chi connectivity index (χ0v) is 19.2. The number of aromatic carboxylic acids is 1. The van der Waals surface area contributed by atoms with Gasteiger partial charge in [-0.25, -0.2) is 4.79 Å². The van der Waals surface area contributed by atoms with Crippen molar-refractivity contribution >= 4 is 33.4 Å². The molecule has 2 heterocycles. The van der Waals surface area contributed by atoms with E-state index in [1.807, 2.05) is 43.3 Å². The lowest BCUT2D eigenvalue weighted by Gasteiger charge is -2.33. The van der Waals surface area contributed by atoms with Gasteiger partial charge in [-0.1, -0.05) is 60.2 Å². The van der Waals surface area contributed by atoms with Gasteiger partial charge in [-0.2, -0.15) is 12.5 Å². The summed E-state index contributed by atoms with van der Waals surface area (Å²) in [6, 6.07) is 16.1. The van der Waals surface area contributed by atoms with Gasteiger partial charge in [-0.3, -0.25) is 4.98 Å². The van der Waals surface area contributed by atoms with Crippen molar-refractivity contribution in [1.29, 1.82) is 0 Å². The molecule has 1 atom stereocenters. The van der Waals surface area contributed by atoms with Gasteiger partial charge in [0.05, 0.1) is 21.5 Å². The third kappa shape index (κ3) is 3.40. The average molecular weight is 478 g/mol. The minimum absolute atomic E-state index is 0.0491. The van der Waals surface area contributed by atoms with Crippen LogP contribution in [0.3, 0.4) is 0 Å². The second kappa shape index (κ2) is 7.79. The van der Waals surface area contributed by atoms with E-state index in [9.17, 15) is 18.3 Å². The zero-order valence-electron chi connectivity index (χ0n) is 17.5. The third-order valence-electron chi connectivity index (χ3n) is 5.88. The van der Waals surface area contributed by atoms with Gasteiger partial charge in [0.2, 0.25) is 0 Å². The topological polar surface area (TPSA) is 102 Å². The molecule has 9 heteroatoms. The summed E-state index contributed by atoms with van der Waals surface area (Å²) in [7, 11) is -4.11. The van der Waals surface area contributed by atoms with E-state index in [0.29, 0.717) is 11.3 Å². The van der Waals surface area contributed by atoms with Gasteiger partial charge in [0, 0.05) is 23.1 Å². The van der Waals surface area contributed by atoms with Gasteiger partial charge < -0.3 is 5.11 Å². The van der Waals surface area contributed by atoms with Crippen LogP contribution in [0, 0.1) is 6.92 Å². The van der Waals surface area contributed by atoms with E-state index < -0.39 is 21.4 Å². The van der Waals surface area contributed by atoms with Crippen LogP contribution in [0.1, 0.15) is 37.7 Å². The Morgan fingerprint density at radius 1 is 1.12 bits per heavy atom. The Kier molecular flexibility index (Phi) is 5.02. The Hall–Kier alpha value is -3.56. The van der Waals surface area contributed by atoms with Crippen LogP contribution >= 0.6 is 11.3 Å². The molecular formula is C24H19N3O4S2. The minimum Gasteiger partial charge on any atom is -0.476 e. The Morgan fingerprint density at radius 2 is 1.85 bits per heavy atom. The molecule has 0 aliphatic heterocycles. The number of carboxylic acid groups (broad SMARTS) is 1. The molecule has 1 aliphatic carbocycles. The fourth-order valence-corrected chi connectivity index (χ4v) is 6.33. The van der Waals surface area contributed by atoms with E-state index in [1.165, 1.54) is 23.5 Å². The zero-order chi connectivity index (χ0) is 23.2. The number of aryl methyl sites for hydroxylation is 1. The minimum atomic E-state index is -4.11. The lowest BCUT2D eigenvalue weighted by atomic mass is 9.72. The van der Waals surface area contributed by atoms with Gasteiger partial charge in [-0.15, -0.1) is 16.4 Å². The van der Waals surface area contributed by atoms with Crippen LogP contribution in [0.25, 0.3) is 6.08 Å². The summed E-state index contributed by atoms with van der Waals surface area (Å²) >= 11 is 1.46. The summed E-state index contributed by atoms with van der Waals surface area (Å²) in [5.41, 5.74) is 3.23. The molecule has 1 aliphatic rings. The smallest absolute Gasteiger partial charge is 0.357 e. The normalized spacial score (nSPS) is 17.6. The molecule has 0 radical (unpaired) electrons. The van der Waals surface area contributed by atoms with Crippen molar-refractivity contribution in [3.63, 3.8) is 0 Å². The first-order valence-corrected chi connectivity index (χ1v) is 12.5. The molecule has 2 aromatic carbocycles. The first-order chi connectivity index (χ1) is 15.8. The fourth-order valence-electron chi connectivity index (χ4n) is 4.18. The molecule has 166 valence electrons. The monoisotopic (exact) mass is 477 g/mol. The van der Waals surface area contributed by atoms with E-state index >= 15 is 0 Å². The molecule has 7 nitrogen and oxygen atoms in total. The van der Waals surface area contributed by atoms with Gasteiger partial charge in [-0.05, 0) is 24.6 Å². The number of hydrogen-bond donors (Lipinski definition) is 1. The number of allylic oxidation sites excluding steroid dienone is 1. The van der Waals surface area contributed by atoms with Gasteiger partial charge in [0.25, 0.3) is 10.0 Å². The van der Waals surface area contributed by atoms with Crippen LogP contribution in [0.2, 0.25) is 0 Å². The number of nitrogens with zero attached hydrogens (tertiary/aromatic N) is 3. The van der Waals surface area contributed by atoms with Crippen molar-refractivity contribution in [1.82, 2.24) is 14.2 Å². The van der Waals surface area contributed by atoms with Crippen LogP contribution in [-0.2, 0) is 21.9 Å². The van der Waals surface area contributed by atoms with Crippen molar-refractivity contribution in [2.45, 2.75) is 23.7 Å². The highest BCUT2D eigenvalue weighted by Gasteiger charge is 2.41. The van der Waals surface area contributed by atoms with Crippen molar-refractivity contribution in [2.24, 2.45) is 0 Å². The molecule has 0 fully saturated rings.